The molecule has 2 nitrogen and oxygen atoms in total. The van der Waals surface area contributed by atoms with E-state index in [0.717, 1.165) is 25.9 Å². The van der Waals surface area contributed by atoms with Crippen LogP contribution in [0.25, 0.3) is 0 Å². The van der Waals surface area contributed by atoms with E-state index in [9.17, 15) is 9.18 Å². The Morgan fingerprint density at radius 1 is 1.53 bits per heavy atom. The van der Waals surface area contributed by atoms with Crippen molar-refractivity contribution in [2.45, 2.75) is 24.6 Å². The Morgan fingerprint density at radius 3 is 2.94 bits per heavy atom. The van der Waals surface area contributed by atoms with Crippen molar-refractivity contribution in [1.29, 1.82) is 0 Å². The molecule has 4 heteroatoms. The number of piperidine rings is 1. The monoisotopic (exact) mass is 299 g/mol. The molecule has 0 N–H and O–H groups in total. The van der Waals surface area contributed by atoms with Gasteiger partial charge in [-0.2, -0.15) is 0 Å². The van der Waals surface area contributed by atoms with Crippen molar-refractivity contribution < 1.29 is 9.18 Å². The Hall–Kier alpha value is -0.900. The molecule has 1 atom stereocenters. The number of benzene rings is 1. The van der Waals surface area contributed by atoms with E-state index < -0.39 is 0 Å². The largest absolute Gasteiger partial charge is 0.338 e. The number of alkyl halides is 1. The first-order chi connectivity index (χ1) is 8.08. The first kappa shape index (κ1) is 12.6. The van der Waals surface area contributed by atoms with E-state index in [4.69, 9.17) is 0 Å². The molecule has 0 aromatic heterocycles. The van der Waals surface area contributed by atoms with Gasteiger partial charge in [-0.15, -0.1) is 0 Å². The second-order valence-electron chi connectivity index (χ2n) is 4.45. The summed E-state index contributed by atoms with van der Waals surface area (Å²) in [4.78, 5) is 14.5. The van der Waals surface area contributed by atoms with Crippen LogP contribution in [0.15, 0.2) is 18.2 Å². The van der Waals surface area contributed by atoms with Gasteiger partial charge in [-0.3, -0.25) is 4.79 Å². The van der Waals surface area contributed by atoms with Crippen LogP contribution in [0, 0.1) is 12.7 Å². The zero-order valence-corrected chi connectivity index (χ0v) is 11.3. The zero-order valence-electron chi connectivity index (χ0n) is 9.75. The number of rotatable bonds is 1. The normalized spacial score (nSPS) is 20.4. The number of nitrogens with zero attached hydrogens (tertiary/aromatic N) is 1. The van der Waals surface area contributed by atoms with Gasteiger partial charge in [0.2, 0.25) is 0 Å². The Kier molecular flexibility index (Phi) is 3.82. The summed E-state index contributed by atoms with van der Waals surface area (Å²) in [7, 11) is 0. The standard InChI is InChI=1S/C13H15BrFNO/c1-9-7-11(15)4-5-12(9)13(17)16-6-2-3-10(14)8-16/h4-5,7,10H,2-3,6,8H2,1H3. The van der Waals surface area contributed by atoms with Crippen LogP contribution >= 0.6 is 15.9 Å². The summed E-state index contributed by atoms with van der Waals surface area (Å²) >= 11 is 3.55. The minimum atomic E-state index is -0.295. The van der Waals surface area contributed by atoms with Crippen molar-refractivity contribution in [3.63, 3.8) is 0 Å². The van der Waals surface area contributed by atoms with Crippen LogP contribution < -0.4 is 0 Å². The van der Waals surface area contributed by atoms with E-state index in [1.54, 1.807) is 13.0 Å². The summed E-state index contributed by atoms with van der Waals surface area (Å²) in [5.41, 5.74) is 1.31. The van der Waals surface area contributed by atoms with Gasteiger partial charge in [0.1, 0.15) is 5.82 Å². The molecule has 92 valence electrons. The topological polar surface area (TPSA) is 20.3 Å². The number of hydrogen-bond acceptors (Lipinski definition) is 1. The zero-order chi connectivity index (χ0) is 12.4. The summed E-state index contributed by atoms with van der Waals surface area (Å²) in [6, 6.07) is 4.32. The fourth-order valence-corrected chi connectivity index (χ4v) is 2.82. The van der Waals surface area contributed by atoms with Crippen LogP contribution in [0.5, 0.6) is 0 Å². The summed E-state index contributed by atoms with van der Waals surface area (Å²) in [6.07, 6.45) is 2.12. The highest BCUT2D eigenvalue weighted by atomic mass is 79.9. The van der Waals surface area contributed by atoms with Crippen molar-refractivity contribution in [1.82, 2.24) is 4.90 Å². The number of amides is 1. The number of likely N-dealkylation sites (tertiary alicyclic amines) is 1. The molecule has 2 rings (SSSR count). The number of carbonyl (C=O) groups excluding carboxylic acids is 1. The molecule has 1 heterocycles. The first-order valence-corrected chi connectivity index (χ1v) is 6.69. The van der Waals surface area contributed by atoms with Gasteiger partial charge in [0.15, 0.2) is 0 Å². The Morgan fingerprint density at radius 2 is 2.29 bits per heavy atom. The van der Waals surface area contributed by atoms with E-state index in [2.05, 4.69) is 15.9 Å². The third kappa shape index (κ3) is 2.86. The number of halogens is 2. The predicted octanol–water partition coefficient (Wildman–Crippen LogP) is 3.13. The molecule has 0 saturated carbocycles. The molecule has 1 fully saturated rings. The lowest BCUT2D eigenvalue weighted by molar-refractivity contribution is 0.0729. The third-order valence-corrected chi connectivity index (χ3v) is 3.82. The average Bonchev–Trinajstić information content (AvgIpc) is 2.28. The van der Waals surface area contributed by atoms with Gasteiger partial charge in [-0.1, -0.05) is 15.9 Å². The summed E-state index contributed by atoms with van der Waals surface area (Å²) < 4.78 is 13.0. The van der Waals surface area contributed by atoms with E-state index in [0.29, 0.717) is 16.0 Å². The van der Waals surface area contributed by atoms with Gasteiger partial charge in [0.05, 0.1) is 0 Å². The number of hydrogen-bond donors (Lipinski definition) is 0. The average molecular weight is 300 g/mol. The SMILES string of the molecule is Cc1cc(F)ccc1C(=O)N1CCCC(Br)C1. The fraction of sp³-hybridized carbons (Fsp3) is 0.462. The molecule has 1 aliphatic rings. The van der Waals surface area contributed by atoms with Crippen molar-refractivity contribution in [3.8, 4) is 0 Å². The van der Waals surface area contributed by atoms with Gasteiger partial charge in [-0.05, 0) is 43.5 Å². The van der Waals surface area contributed by atoms with Gasteiger partial charge in [0.25, 0.3) is 5.91 Å². The molecule has 1 aromatic rings. The fourth-order valence-electron chi connectivity index (χ4n) is 2.15. The molecule has 0 radical (unpaired) electrons. The van der Waals surface area contributed by atoms with Crippen molar-refractivity contribution >= 4 is 21.8 Å². The second-order valence-corrected chi connectivity index (χ2v) is 5.74. The maximum Gasteiger partial charge on any atom is 0.254 e. The van der Waals surface area contributed by atoms with Crippen LogP contribution in [0.2, 0.25) is 0 Å². The van der Waals surface area contributed by atoms with Crippen LogP contribution in [-0.4, -0.2) is 28.7 Å². The van der Waals surface area contributed by atoms with E-state index in [1.165, 1.54) is 12.1 Å². The van der Waals surface area contributed by atoms with Crippen molar-refractivity contribution in [2.24, 2.45) is 0 Å². The van der Waals surface area contributed by atoms with Crippen LogP contribution in [0.1, 0.15) is 28.8 Å². The predicted molar refractivity (Wildman–Crippen MR) is 69.0 cm³/mol. The molecule has 0 bridgehead atoms. The Labute approximate surface area is 109 Å². The van der Waals surface area contributed by atoms with Gasteiger partial charge in [0, 0.05) is 23.5 Å². The Bertz CT molecular complexity index is 435. The molecule has 1 aromatic carbocycles. The number of carbonyl (C=O) groups is 1. The second kappa shape index (κ2) is 5.17. The molecule has 0 spiro atoms. The van der Waals surface area contributed by atoms with Crippen LogP contribution in [0.4, 0.5) is 4.39 Å². The lowest BCUT2D eigenvalue weighted by Crippen LogP contribution is -2.40. The Balaban J connectivity index is 2.18. The minimum Gasteiger partial charge on any atom is -0.338 e. The van der Waals surface area contributed by atoms with E-state index in [-0.39, 0.29) is 11.7 Å². The highest BCUT2D eigenvalue weighted by Gasteiger charge is 2.23. The maximum atomic E-state index is 13.0. The highest BCUT2D eigenvalue weighted by molar-refractivity contribution is 9.09. The van der Waals surface area contributed by atoms with E-state index >= 15 is 0 Å². The van der Waals surface area contributed by atoms with Gasteiger partial charge in [-0.25, -0.2) is 4.39 Å². The van der Waals surface area contributed by atoms with Crippen LogP contribution in [-0.2, 0) is 0 Å². The molecule has 1 saturated heterocycles. The molecule has 1 amide bonds. The minimum absolute atomic E-state index is 0.00616. The van der Waals surface area contributed by atoms with Crippen LogP contribution in [0.3, 0.4) is 0 Å². The summed E-state index contributed by atoms with van der Waals surface area (Å²) in [5, 5.41) is 0. The molecular weight excluding hydrogens is 285 g/mol. The van der Waals surface area contributed by atoms with Gasteiger partial charge >= 0.3 is 0 Å². The maximum absolute atomic E-state index is 13.0. The lowest BCUT2D eigenvalue weighted by atomic mass is 10.1. The van der Waals surface area contributed by atoms with Crippen molar-refractivity contribution in [2.75, 3.05) is 13.1 Å². The van der Waals surface area contributed by atoms with Crippen molar-refractivity contribution in [3.05, 3.63) is 35.1 Å². The summed E-state index contributed by atoms with van der Waals surface area (Å²) in [6.45, 7) is 3.29. The lowest BCUT2D eigenvalue weighted by Gasteiger charge is -2.30. The highest BCUT2D eigenvalue weighted by Crippen LogP contribution is 2.20. The van der Waals surface area contributed by atoms with Gasteiger partial charge < -0.3 is 4.90 Å². The molecular formula is C13H15BrFNO. The molecule has 0 aliphatic carbocycles. The molecule has 17 heavy (non-hydrogen) atoms. The first-order valence-electron chi connectivity index (χ1n) is 5.77. The molecule has 1 aliphatic heterocycles. The van der Waals surface area contributed by atoms with E-state index in [1.807, 2.05) is 4.90 Å². The quantitative estimate of drug-likeness (QED) is 0.730. The third-order valence-electron chi connectivity index (χ3n) is 3.07. The smallest absolute Gasteiger partial charge is 0.254 e. The summed E-state index contributed by atoms with van der Waals surface area (Å²) in [5.74, 6) is -0.289. The molecule has 1 unspecified atom stereocenters. The number of aryl methyl sites for hydroxylation is 1.